The molecular weight excluding hydrogens is 452 g/mol. The maximum Gasteiger partial charge on any atom is 0.429 e. The standard InChI is InChI=1S/C24H36N6O5/c1-23(2,3)33-21(31)29-13-11-28(12-14-30(29)22(32)34-24(4,5)6)18-9-7-17(8-10-18)20-15-19(16-26-25)35-27-20/h7-10,19,25H,11-16H2,1-6H3. The number of nitrogens with one attached hydrogen (secondary N) is 1. The van der Waals surface area contributed by atoms with Crippen LogP contribution in [0.15, 0.2) is 34.5 Å². The van der Waals surface area contributed by atoms with E-state index in [9.17, 15) is 9.59 Å². The van der Waals surface area contributed by atoms with Gasteiger partial charge in [-0.15, -0.1) is 0 Å². The molecule has 35 heavy (non-hydrogen) atoms. The highest BCUT2D eigenvalue weighted by molar-refractivity contribution is 6.01. The average Bonchev–Trinajstić information content (AvgIpc) is 3.08. The number of nitrogens with zero attached hydrogens (tertiary/aromatic N) is 5. The fourth-order valence-corrected chi connectivity index (χ4v) is 3.71. The topological polar surface area (TPSA) is 120 Å². The number of carbonyl (C=O) groups excluding carboxylic acids is 2. The third-order valence-electron chi connectivity index (χ3n) is 5.26. The van der Waals surface area contributed by atoms with E-state index in [0.29, 0.717) is 26.1 Å². The molecule has 1 atom stereocenters. The van der Waals surface area contributed by atoms with Gasteiger partial charge in [-0.25, -0.2) is 25.1 Å². The lowest BCUT2D eigenvalue weighted by Gasteiger charge is -2.35. The van der Waals surface area contributed by atoms with Gasteiger partial charge in [-0.1, -0.05) is 17.3 Å². The van der Waals surface area contributed by atoms with Crippen LogP contribution in [0.2, 0.25) is 0 Å². The van der Waals surface area contributed by atoms with Crippen LogP contribution >= 0.6 is 0 Å². The molecular formula is C24H36N6O5. The van der Waals surface area contributed by atoms with E-state index >= 15 is 0 Å². The fourth-order valence-electron chi connectivity index (χ4n) is 3.71. The minimum Gasteiger partial charge on any atom is -0.442 e. The monoisotopic (exact) mass is 488 g/mol. The molecule has 2 aliphatic heterocycles. The number of rotatable bonds is 4. The second-order valence-electron chi connectivity index (χ2n) is 10.6. The van der Waals surface area contributed by atoms with E-state index in [1.807, 2.05) is 24.3 Å². The van der Waals surface area contributed by atoms with Crippen LogP contribution in [0.3, 0.4) is 0 Å². The first-order valence-corrected chi connectivity index (χ1v) is 11.8. The van der Waals surface area contributed by atoms with Crippen molar-refractivity contribution in [3.05, 3.63) is 29.8 Å². The zero-order chi connectivity index (χ0) is 25.8. The number of amides is 2. The Hall–Kier alpha value is -3.37. The molecule has 0 radical (unpaired) electrons. The van der Waals surface area contributed by atoms with Gasteiger partial charge in [0.1, 0.15) is 11.2 Å². The van der Waals surface area contributed by atoms with Gasteiger partial charge in [0, 0.05) is 25.2 Å². The van der Waals surface area contributed by atoms with Crippen molar-refractivity contribution < 1.29 is 23.9 Å². The van der Waals surface area contributed by atoms with Gasteiger partial charge < -0.3 is 19.2 Å². The SMILES string of the molecule is CC(C)(C)OC(=O)N1CCN(c2ccc(C3=NOC(CN=N)C3)cc2)CCN1C(=O)OC(C)(C)C. The lowest BCUT2D eigenvalue weighted by molar-refractivity contribution is -0.0572. The number of anilines is 1. The van der Waals surface area contributed by atoms with Crippen molar-refractivity contribution in [2.45, 2.75) is 65.3 Å². The van der Waals surface area contributed by atoms with Crippen molar-refractivity contribution in [3.8, 4) is 0 Å². The summed E-state index contributed by atoms with van der Waals surface area (Å²) in [6.45, 7) is 12.6. The zero-order valence-electron chi connectivity index (χ0n) is 21.4. The van der Waals surface area contributed by atoms with Gasteiger partial charge in [-0.05, 0) is 59.2 Å². The predicted molar refractivity (Wildman–Crippen MR) is 131 cm³/mol. The summed E-state index contributed by atoms with van der Waals surface area (Å²) in [5, 5.41) is 10.2. The summed E-state index contributed by atoms with van der Waals surface area (Å²) in [6, 6.07) is 7.92. The van der Waals surface area contributed by atoms with Gasteiger partial charge >= 0.3 is 12.2 Å². The maximum absolute atomic E-state index is 12.9. The van der Waals surface area contributed by atoms with Gasteiger partial charge in [0.05, 0.1) is 25.3 Å². The summed E-state index contributed by atoms with van der Waals surface area (Å²) >= 11 is 0. The molecule has 0 saturated carbocycles. The van der Waals surface area contributed by atoms with Gasteiger partial charge in [0.25, 0.3) is 0 Å². The van der Waals surface area contributed by atoms with Crippen molar-refractivity contribution in [3.63, 3.8) is 0 Å². The number of hydrogen-bond acceptors (Lipinski definition) is 9. The van der Waals surface area contributed by atoms with Gasteiger partial charge in [0.2, 0.25) is 0 Å². The second-order valence-corrected chi connectivity index (χ2v) is 10.6. The van der Waals surface area contributed by atoms with E-state index in [1.54, 1.807) is 41.5 Å². The van der Waals surface area contributed by atoms with Crippen molar-refractivity contribution in [1.82, 2.24) is 10.0 Å². The van der Waals surface area contributed by atoms with Crippen molar-refractivity contribution in [1.29, 1.82) is 5.53 Å². The number of benzene rings is 1. The van der Waals surface area contributed by atoms with E-state index in [0.717, 1.165) is 17.0 Å². The van der Waals surface area contributed by atoms with Crippen LogP contribution in [0.1, 0.15) is 53.5 Å². The van der Waals surface area contributed by atoms with E-state index in [1.165, 1.54) is 10.0 Å². The molecule has 192 valence electrons. The predicted octanol–water partition coefficient (Wildman–Crippen LogP) is 4.42. The van der Waals surface area contributed by atoms with Crippen molar-refractivity contribution in [2.75, 3.05) is 37.6 Å². The summed E-state index contributed by atoms with van der Waals surface area (Å²) < 4.78 is 11.1. The van der Waals surface area contributed by atoms with Gasteiger partial charge in [-0.2, -0.15) is 5.11 Å². The molecule has 1 aromatic rings. The minimum absolute atomic E-state index is 0.189. The Morgan fingerprint density at radius 2 is 1.49 bits per heavy atom. The molecule has 2 heterocycles. The third-order valence-corrected chi connectivity index (χ3v) is 5.26. The molecule has 3 rings (SSSR count). The van der Waals surface area contributed by atoms with E-state index in [4.69, 9.17) is 19.8 Å². The largest absolute Gasteiger partial charge is 0.442 e. The number of oxime groups is 1. The number of ether oxygens (including phenoxy) is 2. The third kappa shape index (κ3) is 7.30. The number of hydrazine groups is 1. The first-order valence-electron chi connectivity index (χ1n) is 11.8. The van der Waals surface area contributed by atoms with Crippen LogP contribution in [0.25, 0.3) is 0 Å². The summed E-state index contributed by atoms with van der Waals surface area (Å²) in [4.78, 5) is 33.3. The molecule has 1 unspecified atom stereocenters. The first-order chi connectivity index (χ1) is 16.4. The normalized spacial score (nSPS) is 19.0. The van der Waals surface area contributed by atoms with Gasteiger partial charge in [0.15, 0.2) is 6.10 Å². The molecule has 2 amide bonds. The first kappa shape index (κ1) is 26.2. The molecule has 0 bridgehead atoms. The summed E-state index contributed by atoms with van der Waals surface area (Å²) in [6.07, 6.45) is -0.755. The molecule has 1 aromatic carbocycles. The fraction of sp³-hybridized carbons (Fsp3) is 0.625. The molecule has 0 aliphatic carbocycles. The Bertz CT molecular complexity index is 913. The van der Waals surface area contributed by atoms with Crippen LogP contribution in [0.5, 0.6) is 0 Å². The number of hydrogen-bond donors (Lipinski definition) is 1. The molecule has 11 nitrogen and oxygen atoms in total. The highest BCUT2D eigenvalue weighted by Gasteiger charge is 2.35. The molecule has 1 N–H and O–H groups in total. The van der Waals surface area contributed by atoms with Crippen molar-refractivity contribution in [2.24, 2.45) is 10.3 Å². The lowest BCUT2D eigenvalue weighted by atomic mass is 10.0. The molecule has 2 aliphatic rings. The van der Waals surface area contributed by atoms with Crippen LogP contribution in [-0.4, -0.2) is 77.9 Å². The van der Waals surface area contributed by atoms with Crippen LogP contribution in [0, 0.1) is 5.53 Å². The molecule has 1 fully saturated rings. The quantitative estimate of drug-likeness (QED) is 0.627. The van der Waals surface area contributed by atoms with Crippen LogP contribution in [0.4, 0.5) is 15.3 Å². The molecule has 1 saturated heterocycles. The van der Waals surface area contributed by atoms with Gasteiger partial charge in [-0.3, -0.25) is 0 Å². The Morgan fingerprint density at radius 1 is 0.971 bits per heavy atom. The van der Waals surface area contributed by atoms with E-state index in [2.05, 4.69) is 15.2 Å². The second kappa shape index (κ2) is 10.5. The molecule has 0 spiro atoms. The molecule has 11 heteroatoms. The Balaban J connectivity index is 1.74. The van der Waals surface area contributed by atoms with Crippen molar-refractivity contribution >= 4 is 23.6 Å². The van der Waals surface area contributed by atoms with E-state index in [-0.39, 0.29) is 19.2 Å². The lowest BCUT2D eigenvalue weighted by Crippen LogP contribution is -2.53. The number of carbonyl (C=O) groups is 2. The highest BCUT2D eigenvalue weighted by Crippen LogP contribution is 2.23. The van der Waals surface area contributed by atoms with Crippen LogP contribution in [-0.2, 0) is 14.3 Å². The summed E-state index contributed by atoms with van der Waals surface area (Å²) in [7, 11) is 0. The Kier molecular flexibility index (Phi) is 7.86. The summed E-state index contributed by atoms with van der Waals surface area (Å²) in [5.41, 5.74) is 8.33. The van der Waals surface area contributed by atoms with Crippen LogP contribution < -0.4 is 4.90 Å². The maximum atomic E-state index is 12.9. The molecule has 0 aromatic heterocycles. The van der Waals surface area contributed by atoms with E-state index < -0.39 is 23.4 Å². The zero-order valence-corrected chi connectivity index (χ0v) is 21.4. The Morgan fingerprint density at radius 3 is 1.94 bits per heavy atom. The minimum atomic E-state index is -0.695. The highest BCUT2D eigenvalue weighted by atomic mass is 16.6. The average molecular weight is 489 g/mol. The summed E-state index contributed by atoms with van der Waals surface area (Å²) in [5.74, 6) is 0. The smallest absolute Gasteiger partial charge is 0.429 e. The Labute approximate surface area is 206 Å².